The summed E-state index contributed by atoms with van der Waals surface area (Å²) in [5, 5.41) is 12.8. The van der Waals surface area contributed by atoms with Gasteiger partial charge in [0, 0.05) is 41.5 Å². The van der Waals surface area contributed by atoms with Crippen LogP contribution in [0.15, 0.2) is 46.4 Å². The van der Waals surface area contributed by atoms with Crippen molar-refractivity contribution in [3.63, 3.8) is 0 Å². The number of hydrogen-bond donors (Lipinski definition) is 3. The van der Waals surface area contributed by atoms with Crippen LogP contribution in [0.5, 0.6) is 17.2 Å². The number of methoxy groups -OCH3 is 2. The van der Waals surface area contributed by atoms with Crippen LogP contribution < -0.4 is 34.5 Å². The molecule has 0 aliphatic carbocycles. The van der Waals surface area contributed by atoms with Gasteiger partial charge >= 0.3 is 6.03 Å². The van der Waals surface area contributed by atoms with E-state index in [-0.39, 0.29) is 64.9 Å². The van der Waals surface area contributed by atoms with Crippen LogP contribution in [-0.2, 0) is 14.8 Å². The van der Waals surface area contributed by atoms with Crippen molar-refractivity contribution in [3.05, 3.63) is 46.8 Å². The number of ether oxygens (including phenoxy) is 3. The lowest BCUT2D eigenvalue weighted by Gasteiger charge is -2.27. The van der Waals surface area contributed by atoms with Crippen molar-refractivity contribution in [1.82, 2.24) is 16.0 Å². The fraction of sp³-hybridized carbons (Fsp3) is 0.517. The number of unbranched alkanes of at least 4 members (excludes halogenated alkanes) is 1. The number of nitrogens with one attached hydrogen (secondary N) is 3. The molecule has 0 unspecified atom stereocenters. The van der Waals surface area contributed by atoms with E-state index in [1.165, 1.54) is 42.8 Å². The van der Waals surface area contributed by atoms with Crippen LogP contribution in [0.25, 0.3) is 10.4 Å². The lowest BCUT2D eigenvalue weighted by Crippen LogP contribution is -2.36. The molecule has 16 heteroatoms. The Balaban J connectivity index is 1.40. The highest BCUT2D eigenvalue weighted by molar-refractivity contribution is 8.00. The van der Waals surface area contributed by atoms with Crippen molar-refractivity contribution in [1.29, 1.82) is 0 Å². The molecule has 3 N–H and O–H groups in total. The molecule has 0 bridgehead atoms. The second-order valence-electron chi connectivity index (χ2n) is 10.4. The summed E-state index contributed by atoms with van der Waals surface area (Å²) in [6.07, 6.45) is 3.17. The molecule has 244 valence electrons. The number of hydrogen-bond acceptors (Lipinski definition) is 9. The predicted molar refractivity (Wildman–Crippen MR) is 172 cm³/mol. The first-order valence-electron chi connectivity index (χ1n) is 14.7. The maximum atomic E-state index is 14.0. The van der Waals surface area contributed by atoms with Crippen LogP contribution in [-0.4, -0.2) is 77.4 Å². The molecular weight excluding hydrogens is 622 g/mol. The molecule has 2 aromatic carbocycles. The predicted octanol–water partition coefficient (Wildman–Crippen LogP) is 4.47. The summed E-state index contributed by atoms with van der Waals surface area (Å²) in [4.78, 5) is 27.0. The van der Waals surface area contributed by atoms with Gasteiger partial charge in [-0.15, -0.1) is 0 Å². The quantitative estimate of drug-likeness (QED) is 0.0729. The number of sulfonamides is 1. The zero-order chi connectivity index (χ0) is 32.4. The van der Waals surface area contributed by atoms with Crippen molar-refractivity contribution in [2.24, 2.45) is 5.11 Å². The summed E-state index contributed by atoms with van der Waals surface area (Å²) in [5.41, 5.74) is 9.29. The molecular formula is C29H39N7O7S2. The molecule has 4 rings (SSSR count). The summed E-state index contributed by atoms with van der Waals surface area (Å²) in [6, 6.07) is 9.18. The molecule has 2 aromatic rings. The van der Waals surface area contributed by atoms with E-state index in [1.54, 1.807) is 12.1 Å². The molecule has 0 radical (unpaired) electrons. The first-order valence-corrected chi connectivity index (χ1v) is 17.2. The fourth-order valence-electron chi connectivity index (χ4n) is 5.37. The molecule has 0 aromatic heterocycles. The van der Waals surface area contributed by atoms with E-state index in [0.717, 1.165) is 18.6 Å². The van der Waals surface area contributed by atoms with Gasteiger partial charge in [0.2, 0.25) is 5.91 Å². The SMILES string of the molecule is CCOc1ccc(S(=O)(=O)N(CCCNC(=O)CCCC[C@H]2SC[C@H]3NC(=O)N[C@H]32)c2cc(OC)c(N=[N+]=[N-])cc2OC)cc1. The minimum Gasteiger partial charge on any atom is -0.496 e. The van der Waals surface area contributed by atoms with Crippen molar-refractivity contribution < 1.29 is 32.2 Å². The molecule has 2 aliphatic heterocycles. The standard InChI is InChI=1S/C29H39N7O7S2/c1-4-43-19-10-12-20(13-11-19)45(39,40)36(23-17-24(41-2)21(34-35-30)16-25(23)42-3)15-7-14-31-27(37)9-6-5-8-26-28-22(18-44-26)32-29(38)33-28/h10-13,16-17,22,26,28H,4-9,14-15,18H2,1-3H3,(H,31,37)(H2,32,33,38)/t22-,26-,28-/m1/s1. The molecule has 0 spiro atoms. The molecule has 2 heterocycles. The number of anilines is 1. The average Bonchev–Trinajstić information content (AvgIpc) is 3.58. The molecule has 0 saturated carbocycles. The highest BCUT2D eigenvalue weighted by Gasteiger charge is 2.42. The zero-order valence-corrected chi connectivity index (χ0v) is 27.2. The van der Waals surface area contributed by atoms with Crippen molar-refractivity contribution in [2.75, 3.05) is 44.0 Å². The molecule has 3 atom stereocenters. The largest absolute Gasteiger partial charge is 0.496 e. The Labute approximate surface area is 267 Å². The Morgan fingerprint density at radius 2 is 1.89 bits per heavy atom. The third-order valence-corrected chi connectivity index (χ3v) is 10.9. The van der Waals surface area contributed by atoms with Crippen molar-refractivity contribution in [2.45, 2.75) is 61.3 Å². The van der Waals surface area contributed by atoms with Crippen molar-refractivity contribution >= 4 is 45.1 Å². The highest BCUT2D eigenvalue weighted by Crippen LogP contribution is 2.42. The third-order valence-electron chi connectivity index (χ3n) is 7.57. The Morgan fingerprint density at radius 1 is 1.13 bits per heavy atom. The van der Waals surface area contributed by atoms with Gasteiger partial charge in [0.25, 0.3) is 10.0 Å². The van der Waals surface area contributed by atoms with Crippen LogP contribution in [0.3, 0.4) is 0 Å². The molecule has 2 saturated heterocycles. The number of azide groups is 1. The van der Waals surface area contributed by atoms with E-state index in [2.05, 4.69) is 26.0 Å². The Bertz CT molecular complexity index is 1500. The number of thioether (sulfide) groups is 1. The number of amides is 3. The first kappa shape index (κ1) is 33.9. The summed E-state index contributed by atoms with van der Waals surface area (Å²) in [6.45, 7) is 2.54. The number of carbonyl (C=O) groups is 2. The average molecular weight is 662 g/mol. The van der Waals surface area contributed by atoms with Crippen LogP contribution in [0.2, 0.25) is 0 Å². The number of benzene rings is 2. The molecule has 14 nitrogen and oxygen atoms in total. The summed E-state index contributed by atoms with van der Waals surface area (Å²) in [7, 11) is -1.34. The second-order valence-corrected chi connectivity index (χ2v) is 13.6. The van der Waals surface area contributed by atoms with Gasteiger partial charge in [-0.1, -0.05) is 11.5 Å². The highest BCUT2D eigenvalue weighted by atomic mass is 32.2. The molecule has 45 heavy (non-hydrogen) atoms. The smallest absolute Gasteiger partial charge is 0.315 e. The maximum absolute atomic E-state index is 14.0. The molecule has 2 fully saturated rings. The van der Waals surface area contributed by atoms with E-state index < -0.39 is 10.0 Å². The van der Waals surface area contributed by atoms with Crippen LogP contribution in [0.1, 0.15) is 39.0 Å². The normalized spacial score (nSPS) is 18.6. The summed E-state index contributed by atoms with van der Waals surface area (Å²) < 4.78 is 45.5. The zero-order valence-electron chi connectivity index (χ0n) is 25.5. The minimum absolute atomic E-state index is 0.0113. The number of nitrogens with zero attached hydrogens (tertiary/aromatic N) is 4. The van der Waals surface area contributed by atoms with Crippen molar-refractivity contribution in [3.8, 4) is 17.2 Å². The number of rotatable bonds is 17. The Kier molecular flexibility index (Phi) is 11.9. The first-order chi connectivity index (χ1) is 21.7. The Morgan fingerprint density at radius 3 is 2.58 bits per heavy atom. The van der Waals surface area contributed by atoms with Gasteiger partial charge in [0.1, 0.15) is 17.2 Å². The monoisotopic (exact) mass is 661 g/mol. The molecule has 2 aliphatic rings. The number of fused-ring (bicyclic) bond motifs is 1. The van der Waals surface area contributed by atoms with Gasteiger partial charge in [-0.05, 0) is 62.0 Å². The van der Waals surface area contributed by atoms with Crippen LogP contribution in [0.4, 0.5) is 16.2 Å². The van der Waals surface area contributed by atoms with Gasteiger partial charge in [-0.3, -0.25) is 9.10 Å². The van der Waals surface area contributed by atoms with Crippen LogP contribution in [0, 0.1) is 0 Å². The molecule has 3 amide bonds. The van der Waals surface area contributed by atoms with E-state index in [0.29, 0.717) is 36.9 Å². The van der Waals surface area contributed by atoms with Gasteiger partial charge in [0.05, 0.1) is 49.2 Å². The Hall–Kier alpha value is -4.01. The van der Waals surface area contributed by atoms with E-state index >= 15 is 0 Å². The van der Waals surface area contributed by atoms with Crippen LogP contribution >= 0.6 is 11.8 Å². The fourth-order valence-corrected chi connectivity index (χ4v) is 8.42. The minimum atomic E-state index is -4.11. The number of urea groups is 1. The van der Waals surface area contributed by atoms with Gasteiger partial charge in [0.15, 0.2) is 0 Å². The van der Waals surface area contributed by atoms with Gasteiger partial charge < -0.3 is 30.2 Å². The van der Waals surface area contributed by atoms with Gasteiger partial charge in [-0.25, -0.2) is 13.2 Å². The third kappa shape index (κ3) is 8.38. The topological polar surface area (TPSA) is 184 Å². The lowest BCUT2D eigenvalue weighted by atomic mass is 10.0. The van der Waals surface area contributed by atoms with E-state index in [4.69, 9.17) is 19.7 Å². The maximum Gasteiger partial charge on any atom is 0.315 e. The van der Waals surface area contributed by atoms with Gasteiger partial charge in [-0.2, -0.15) is 11.8 Å². The lowest BCUT2D eigenvalue weighted by molar-refractivity contribution is -0.121. The number of carbonyl (C=O) groups excluding carboxylic acids is 2. The summed E-state index contributed by atoms with van der Waals surface area (Å²) in [5.74, 6) is 1.66. The van der Waals surface area contributed by atoms with E-state index in [1.807, 2.05) is 18.7 Å². The summed E-state index contributed by atoms with van der Waals surface area (Å²) >= 11 is 1.85. The second kappa shape index (κ2) is 15.8. The van der Waals surface area contributed by atoms with E-state index in [9.17, 15) is 18.0 Å².